The third-order valence-electron chi connectivity index (χ3n) is 4.66. The number of rotatable bonds is 4. The quantitative estimate of drug-likeness (QED) is 0.788. The summed E-state index contributed by atoms with van der Waals surface area (Å²) in [5.41, 5.74) is 2.66. The normalized spacial score (nSPS) is 18.1. The molecule has 7 heteroatoms. The van der Waals surface area contributed by atoms with Crippen molar-refractivity contribution in [2.45, 2.75) is 5.92 Å². The van der Waals surface area contributed by atoms with Gasteiger partial charge in [-0.2, -0.15) is 5.26 Å². The van der Waals surface area contributed by atoms with Gasteiger partial charge in [-0.05, 0) is 23.8 Å². The van der Waals surface area contributed by atoms with Gasteiger partial charge in [-0.25, -0.2) is 0 Å². The minimum atomic E-state index is -0.739. The summed E-state index contributed by atoms with van der Waals surface area (Å²) in [5.74, 6) is 0.578. The van der Waals surface area contributed by atoms with Crippen LogP contribution in [-0.4, -0.2) is 34.2 Å². The van der Waals surface area contributed by atoms with Gasteiger partial charge in [0.2, 0.25) is 5.90 Å². The van der Waals surface area contributed by atoms with Gasteiger partial charge in [0, 0.05) is 41.8 Å². The first-order chi connectivity index (χ1) is 12.9. The number of benzene rings is 2. The molecular weight excluding hydrogens is 410 g/mol. The number of nitrogens with one attached hydrogen (secondary N) is 1. The monoisotopic (exact) mass is 429 g/mol. The molecular formula is C20H20BrN3O3. The molecule has 1 aliphatic heterocycles. The molecule has 0 saturated heterocycles. The summed E-state index contributed by atoms with van der Waals surface area (Å²) < 4.78 is 17.3. The molecule has 0 saturated carbocycles. The molecule has 1 heterocycles. The molecule has 0 amide bonds. The molecule has 3 rings (SSSR count). The molecule has 2 unspecified atom stereocenters. The first kappa shape index (κ1) is 19.1. The number of nitrogens with zero attached hydrogens (tertiary/aromatic N) is 2. The smallest absolute Gasteiger partial charge is 0.205 e. The molecule has 2 atom stereocenters. The second kappa shape index (κ2) is 7.49. The molecule has 27 heavy (non-hydrogen) atoms. The van der Waals surface area contributed by atoms with Gasteiger partial charge in [0.05, 0.1) is 20.3 Å². The van der Waals surface area contributed by atoms with Crippen molar-refractivity contribution in [3.63, 3.8) is 0 Å². The SMILES string of the molecule is COc1cc(Br)c(C2c3ccc(N(C)C)cc3OC(=N)C2C#N)cc1OC. The minimum absolute atomic E-state index is 0.0624. The maximum atomic E-state index is 9.73. The van der Waals surface area contributed by atoms with Gasteiger partial charge >= 0.3 is 0 Å². The van der Waals surface area contributed by atoms with Crippen LogP contribution < -0.4 is 19.1 Å². The number of anilines is 1. The third kappa shape index (κ3) is 3.33. The van der Waals surface area contributed by atoms with Crippen LogP contribution in [0.15, 0.2) is 34.8 Å². The second-order valence-corrected chi connectivity index (χ2v) is 7.25. The van der Waals surface area contributed by atoms with Gasteiger partial charge in [-0.15, -0.1) is 0 Å². The van der Waals surface area contributed by atoms with E-state index < -0.39 is 5.92 Å². The average Bonchev–Trinajstić information content (AvgIpc) is 2.66. The summed E-state index contributed by atoms with van der Waals surface area (Å²) in [4.78, 5) is 1.96. The lowest BCUT2D eigenvalue weighted by molar-refractivity contribution is 0.353. The van der Waals surface area contributed by atoms with Crippen LogP contribution in [0.1, 0.15) is 17.0 Å². The van der Waals surface area contributed by atoms with Crippen molar-refractivity contribution in [1.29, 1.82) is 10.7 Å². The topological polar surface area (TPSA) is 78.6 Å². The Balaban J connectivity index is 2.22. The van der Waals surface area contributed by atoms with Gasteiger partial charge in [0.15, 0.2) is 11.5 Å². The lowest BCUT2D eigenvalue weighted by atomic mass is 9.79. The Morgan fingerprint density at radius 3 is 2.37 bits per heavy atom. The summed E-state index contributed by atoms with van der Waals surface area (Å²) >= 11 is 3.59. The highest BCUT2D eigenvalue weighted by Crippen LogP contribution is 2.47. The van der Waals surface area contributed by atoms with E-state index in [1.165, 1.54) is 0 Å². The molecule has 140 valence electrons. The van der Waals surface area contributed by atoms with Gasteiger partial charge in [-0.3, -0.25) is 5.41 Å². The van der Waals surface area contributed by atoms with E-state index in [1.807, 2.05) is 49.3 Å². The van der Waals surface area contributed by atoms with E-state index in [-0.39, 0.29) is 11.8 Å². The van der Waals surface area contributed by atoms with Gasteiger partial charge in [0.25, 0.3) is 0 Å². The van der Waals surface area contributed by atoms with Crippen LogP contribution in [0.5, 0.6) is 17.2 Å². The van der Waals surface area contributed by atoms with Gasteiger partial charge < -0.3 is 19.1 Å². The predicted octanol–water partition coefficient (Wildman–Crippen LogP) is 4.17. The molecule has 0 spiro atoms. The number of ether oxygens (including phenoxy) is 3. The van der Waals surface area contributed by atoms with Crippen molar-refractivity contribution in [3.05, 3.63) is 45.9 Å². The third-order valence-corrected chi connectivity index (χ3v) is 5.35. The van der Waals surface area contributed by atoms with E-state index in [0.717, 1.165) is 21.3 Å². The summed E-state index contributed by atoms with van der Waals surface area (Å²) in [7, 11) is 7.03. The van der Waals surface area contributed by atoms with Crippen LogP contribution >= 0.6 is 15.9 Å². The first-order valence-corrected chi connectivity index (χ1v) is 9.09. The Bertz CT molecular complexity index is 937. The fourth-order valence-electron chi connectivity index (χ4n) is 3.25. The van der Waals surface area contributed by atoms with Crippen molar-refractivity contribution in [1.82, 2.24) is 0 Å². The van der Waals surface area contributed by atoms with Crippen molar-refractivity contribution in [3.8, 4) is 23.3 Å². The van der Waals surface area contributed by atoms with E-state index in [0.29, 0.717) is 17.2 Å². The Hall–Kier alpha value is -2.72. The van der Waals surface area contributed by atoms with E-state index in [2.05, 4.69) is 22.0 Å². The maximum absolute atomic E-state index is 9.73. The van der Waals surface area contributed by atoms with E-state index >= 15 is 0 Å². The van der Waals surface area contributed by atoms with Crippen molar-refractivity contribution in [2.75, 3.05) is 33.2 Å². The summed E-state index contributed by atoms with van der Waals surface area (Å²) in [6.07, 6.45) is 0. The lowest BCUT2D eigenvalue weighted by Crippen LogP contribution is -2.31. The van der Waals surface area contributed by atoms with Crippen molar-refractivity contribution >= 4 is 27.5 Å². The Kier molecular flexibility index (Phi) is 5.29. The summed E-state index contributed by atoms with van der Waals surface area (Å²) in [6, 6.07) is 11.7. The Morgan fingerprint density at radius 2 is 1.78 bits per heavy atom. The van der Waals surface area contributed by atoms with E-state index in [4.69, 9.17) is 19.6 Å². The highest BCUT2D eigenvalue weighted by molar-refractivity contribution is 9.10. The molecule has 1 N–H and O–H groups in total. The molecule has 0 bridgehead atoms. The zero-order valence-electron chi connectivity index (χ0n) is 15.5. The predicted molar refractivity (Wildman–Crippen MR) is 107 cm³/mol. The van der Waals surface area contributed by atoms with Crippen LogP contribution in [0, 0.1) is 22.7 Å². The van der Waals surface area contributed by atoms with Gasteiger partial charge in [-0.1, -0.05) is 22.0 Å². The van der Waals surface area contributed by atoms with Crippen LogP contribution in [0.25, 0.3) is 0 Å². The van der Waals surface area contributed by atoms with Crippen molar-refractivity contribution in [2.24, 2.45) is 5.92 Å². The highest BCUT2D eigenvalue weighted by Gasteiger charge is 2.38. The first-order valence-electron chi connectivity index (χ1n) is 8.29. The van der Waals surface area contributed by atoms with Gasteiger partial charge in [0.1, 0.15) is 11.7 Å². The van der Waals surface area contributed by atoms with Crippen molar-refractivity contribution < 1.29 is 14.2 Å². The number of nitriles is 1. The fraction of sp³-hybridized carbons (Fsp3) is 0.300. The van der Waals surface area contributed by atoms with E-state index in [9.17, 15) is 5.26 Å². The number of halogens is 1. The molecule has 0 aromatic heterocycles. The Morgan fingerprint density at radius 1 is 1.11 bits per heavy atom. The largest absolute Gasteiger partial charge is 0.493 e. The van der Waals surface area contributed by atoms with Crippen LogP contribution in [0.2, 0.25) is 0 Å². The highest BCUT2D eigenvalue weighted by atomic mass is 79.9. The average molecular weight is 430 g/mol. The zero-order chi connectivity index (χ0) is 19.7. The summed E-state index contributed by atoms with van der Waals surface area (Å²) in [6.45, 7) is 0. The molecule has 2 aromatic carbocycles. The van der Waals surface area contributed by atoms with Crippen LogP contribution in [0.4, 0.5) is 5.69 Å². The molecule has 6 nitrogen and oxygen atoms in total. The number of fused-ring (bicyclic) bond motifs is 1. The van der Waals surface area contributed by atoms with E-state index in [1.54, 1.807) is 14.2 Å². The zero-order valence-corrected chi connectivity index (χ0v) is 17.1. The maximum Gasteiger partial charge on any atom is 0.205 e. The number of methoxy groups -OCH3 is 2. The molecule has 1 aliphatic rings. The van der Waals surface area contributed by atoms with Crippen LogP contribution in [0.3, 0.4) is 0 Å². The molecule has 0 aliphatic carbocycles. The molecule has 2 aromatic rings. The second-order valence-electron chi connectivity index (χ2n) is 6.40. The lowest BCUT2D eigenvalue weighted by Gasteiger charge is -2.32. The van der Waals surface area contributed by atoms with Crippen LogP contribution in [-0.2, 0) is 0 Å². The molecule has 0 fully saturated rings. The Labute approximate surface area is 166 Å². The number of hydrogen-bond acceptors (Lipinski definition) is 6. The fourth-order valence-corrected chi connectivity index (χ4v) is 3.82. The minimum Gasteiger partial charge on any atom is -0.493 e. The molecule has 0 radical (unpaired) electrons. The summed E-state index contributed by atoms with van der Waals surface area (Å²) in [5, 5.41) is 18.0. The number of hydrogen-bond donors (Lipinski definition) is 1. The standard InChI is InChI=1S/C20H20BrN3O3/c1-24(2)11-5-6-12-16(7-11)27-20(23)14(10-22)19(12)13-8-17(25-3)18(26-4)9-15(13)21/h5-9,14,19,23H,1-4H3.